The van der Waals surface area contributed by atoms with E-state index in [0.717, 1.165) is 32.5 Å². The molecule has 2 fully saturated rings. The number of amides is 1. The molecule has 1 aromatic rings. The van der Waals surface area contributed by atoms with E-state index >= 15 is 0 Å². The zero-order valence-electron chi connectivity index (χ0n) is 19.8. The largest absolute Gasteiger partial charge is 0.352 e. The van der Waals surface area contributed by atoms with E-state index < -0.39 is 0 Å². The molecule has 1 aromatic carbocycles. The lowest BCUT2D eigenvalue weighted by atomic mass is 9.84. The fourth-order valence-corrected chi connectivity index (χ4v) is 4.85. The molecule has 0 radical (unpaired) electrons. The molecule has 1 heterocycles. The highest BCUT2D eigenvalue weighted by Crippen LogP contribution is 2.32. The van der Waals surface area contributed by atoms with Crippen LogP contribution in [0.4, 0.5) is 0 Å². The number of benzene rings is 1. The maximum absolute atomic E-state index is 12.4. The number of nitrogens with zero attached hydrogens (tertiary/aromatic N) is 1. The Kier molecular flexibility index (Phi) is 9.89. The van der Waals surface area contributed by atoms with Gasteiger partial charge in [-0.1, -0.05) is 74.9 Å². The number of piperidine rings is 1. The predicted octanol–water partition coefficient (Wildman–Crippen LogP) is 5.60. The van der Waals surface area contributed by atoms with Crippen LogP contribution in [0.25, 0.3) is 0 Å². The zero-order valence-corrected chi connectivity index (χ0v) is 19.8. The number of hydrogen-bond acceptors (Lipinski definition) is 3. The van der Waals surface area contributed by atoms with Gasteiger partial charge in [-0.15, -0.1) is 0 Å². The van der Waals surface area contributed by atoms with Crippen LogP contribution in [0.5, 0.6) is 0 Å². The van der Waals surface area contributed by atoms with E-state index in [4.69, 9.17) is 0 Å². The molecule has 1 aliphatic heterocycles. The predicted molar refractivity (Wildman–Crippen MR) is 136 cm³/mol. The van der Waals surface area contributed by atoms with Gasteiger partial charge in [0.1, 0.15) is 0 Å². The standard InChI is InChI=1S/C29H38N2O2/c1-3-8-23(4-2)22-31-19-17-24(18-20-31)21-30-29(33)16-15-28(32)27-13-11-26(12-14-27)25-9-6-5-7-10-25/h3-4,8,11-16,24-25H,1-2,5-7,9-10,17-22H2,(H,30,33)/b16-15+,23-8+. The lowest BCUT2D eigenvalue weighted by molar-refractivity contribution is -0.116. The maximum atomic E-state index is 12.4. The summed E-state index contributed by atoms with van der Waals surface area (Å²) in [6.45, 7) is 11.2. The number of ketones is 1. The van der Waals surface area contributed by atoms with E-state index in [1.807, 2.05) is 24.3 Å². The molecule has 0 bridgehead atoms. The molecular formula is C29H38N2O2. The van der Waals surface area contributed by atoms with E-state index in [1.54, 1.807) is 6.08 Å². The maximum Gasteiger partial charge on any atom is 0.244 e. The molecule has 0 unspecified atom stereocenters. The first-order chi connectivity index (χ1) is 16.1. The van der Waals surface area contributed by atoms with Gasteiger partial charge in [0.2, 0.25) is 5.91 Å². The molecule has 1 N–H and O–H groups in total. The van der Waals surface area contributed by atoms with Gasteiger partial charge in [-0.25, -0.2) is 0 Å². The molecule has 1 saturated carbocycles. The third-order valence-electron chi connectivity index (χ3n) is 6.93. The molecule has 3 rings (SSSR count). The highest BCUT2D eigenvalue weighted by Gasteiger charge is 2.20. The fraction of sp³-hybridized carbons (Fsp3) is 0.448. The van der Waals surface area contributed by atoms with Crippen LogP contribution in [0.1, 0.15) is 66.8 Å². The van der Waals surface area contributed by atoms with Crippen molar-refractivity contribution >= 4 is 11.7 Å². The Morgan fingerprint density at radius 3 is 2.30 bits per heavy atom. The van der Waals surface area contributed by atoms with Gasteiger partial charge >= 0.3 is 0 Å². The number of hydrogen-bond donors (Lipinski definition) is 1. The summed E-state index contributed by atoms with van der Waals surface area (Å²) < 4.78 is 0. The van der Waals surface area contributed by atoms with Crippen molar-refractivity contribution in [3.63, 3.8) is 0 Å². The van der Waals surface area contributed by atoms with E-state index in [0.29, 0.717) is 23.9 Å². The second-order valence-electron chi connectivity index (χ2n) is 9.30. The molecule has 4 heteroatoms. The van der Waals surface area contributed by atoms with Crippen LogP contribution in [0.15, 0.2) is 73.4 Å². The molecule has 1 saturated heterocycles. The number of carbonyl (C=O) groups excluding carboxylic acids is 2. The SMILES string of the molecule is C=C/C=C(\C=C)CN1CCC(CNC(=O)/C=C/C(=O)c2ccc(C3CCCCC3)cc2)CC1. The van der Waals surface area contributed by atoms with Gasteiger partial charge < -0.3 is 5.32 Å². The van der Waals surface area contributed by atoms with Crippen LogP contribution in [-0.2, 0) is 4.79 Å². The first-order valence-corrected chi connectivity index (χ1v) is 12.4. The molecule has 1 aliphatic carbocycles. The average Bonchev–Trinajstić information content (AvgIpc) is 2.87. The van der Waals surface area contributed by atoms with Crippen LogP contribution in [0.2, 0.25) is 0 Å². The minimum Gasteiger partial charge on any atom is -0.352 e. The molecule has 176 valence electrons. The summed E-state index contributed by atoms with van der Waals surface area (Å²) >= 11 is 0. The normalized spacial score (nSPS) is 18.8. The first-order valence-electron chi connectivity index (χ1n) is 12.4. The van der Waals surface area contributed by atoms with Gasteiger partial charge in [0.05, 0.1) is 0 Å². The van der Waals surface area contributed by atoms with Crippen molar-refractivity contribution < 1.29 is 9.59 Å². The summed E-state index contributed by atoms with van der Waals surface area (Å²) in [4.78, 5) is 27.1. The van der Waals surface area contributed by atoms with Gasteiger partial charge in [-0.3, -0.25) is 14.5 Å². The number of allylic oxidation sites excluding steroid dienone is 3. The zero-order chi connectivity index (χ0) is 23.5. The van der Waals surface area contributed by atoms with Crippen LogP contribution < -0.4 is 5.32 Å². The molecule has 1 amide bonds. The molecule has 33 heavy (non-hydrogen) atoms. The molecule has 0 atom stereocenters. The van der Waals surface area contributed by atoms with Gasteiger partial charge in [0.15, 0.2) is 5.78 Å². The number of likely N-dealkylation sites (tertiary alicyclic amines) is 1. The molecule has 4 nitrogen and oxygen atoms in total. The van der Waals surface area contributed by atoms with E-state index in [9.17, 15) is 9.59 Å². The number of nitrogens with one attached hydrogen (secondary N) is 1. The Bertz CT molecular complexity index is 867. The van der Waals surface area contributed by atoms with Crippen LogP contribution in [0, 0.1) is 5.92 Å². The third-order valence-corrected chi connectivity index (χ3v) is 6.93. The fourth-order valence-electron chi connectivity index (χ4n) is 4.85. The minimum atomic E-state index is -0.201. The Hall–Kier alpha value is -2.72. The Morgan fingerprint density at radius 1 is 0.970 bits per heavy atom. The summed E-state index contributed by atoms with van der Waals surface area (Å²) in [5, 5.41) is 2.96. The summed E-state index contributed by atoms with van der Waals surface area (Å²) in [6.07, 6.45) is 16.9. The quantitative estimate of drug-likeness (QED) is 0.289. The smallest absolute Gasteiger partial charge is 0.244 e. The Labute approximate surface area is 199 Å². The van der Waals surface area contributed by atoms with Gasteiger partial charge in [-0.2, -0.15) is 0 Å². The lowest BCUT2D eigenvalue weighted by Gasteiger charge is -2.32. The Balaban J connectivity index is 1.38. The average molecular weight is 447 g/mol. The summed E-state index contributed by atoms with van der Waals surface area (Å²) in [5.74, 6) is 0.771. The summed E-state index contributed by atoms with van der Waals surface area (Å²) in [7, 11) is 0. The van der Waals surface area contributed by atoms with Gasteiger partial charge in [0, 0.05) is 24.7 Å². The van der Waals surface area contributed by atoms with Gasteiger partial charge in [-0.05, 0) is 67.8 Å². The summed E-state index contributed by atoms with van der Waals surface area (Å²) in [6, 6.07) is 7.94. The van der Waals surface area contributed by atoms with E-state index in [1.165, 1.54) is 55.4 Å². The monoisotopic (exact) mass is 446 g/mol. The van der Waals surface area contributed by atoms with Crippen molar-refractivity contribution in [1.29, 1.82) is 0 Å². The minimum absolute atomic E-state index is 0.126. The number of carbonyl (C=O) groups is 2. The molecule has 0 aromatic heterocycles. The number of rotatable bonds is 10. The van der Waals surface area contributed by atoms with Crippen molar-refractivity contribution in [2.24, 2.45) is 5.92 Å². The van der Waals surface area contributed by atoms with Gasteiger partial charge in [0.25, 0.3) is 0 Å². The van der Waals surface area contributed by atoms with Crippen molar-refractivity contribution in [1.82, 2.24) is 10.2 Å². The van der Waals surface area contributed by atoms with E-state index in [-0.39, 0.29) is 11.7 Å². The highest BCUT2D eigenvalue weighted by atomic mass is 16.1. The molecular weight excluding hydrogens is 408 g/mol. The van der Waals surface area contributed by atoms with Crippen LogP contribution in [-0.4, -0.2) is 42.8 Å². The van der Waals surface area contributed by atoms with E-state index in [2.05, 4.69) is 35.5 Å². The second-order valence-corrected chi connectivity index (χ2v) is 9.30. The van der Waals surface area contributed by atoms with Crippen LogP contribution >= 0.6 is 0 Å². The molecule has 2 aliphatic rings. The second kappa shape index (κ2) is 13.1. The Morgan fingerprint density at radius 2 is 1.67 bits per heavy atom. The lowest BCUT2D eigenvalue weighted by Crippen LogP contribution is -2.39. The van der Waals surface area contributed by atoms with Crippen molar-refractivity contribution in [2.75, 3.05) is 26.2 Å². The third kappa shape index (κ3) is 7.97. The topological polar surface area (TPSA) is 49.4 Å². The van der Waals surface area contributed by atoms with Crippen LogP contribution in [0.3, 0.4) is 0 Å². The van der Waals surface area contributed by atoms with Crippen molar-refractivity contribution in [3.8, 4) is 0 Å². The van der Waals surface area contributed by atoms with Crippen molar-refractivity contribution in [2.45, 2.75) is 50.9 Å². The van der Waals surface area contributed by atoms with Crippen molar-refractivity contribution in [3.05, 3.63) is 84.5 Å². The highest BCUT2D eigenvalue weighted by molar-refractivity contribution is 6.07. The summed E-state index contributed by atoms with van der Waals surface area (Å²) in [5.41, 5.74) is 3.14. The first kappa shape index (κ1) is 24.9. The molecule has 0 spiro atoms.